The Morgan fingerprint density at radius 1 is 1.06 bits per heavy atom. The maximum Gasteiger partial charge on any atom is 0.337 e. The van der Waals surface area contributed by atoms with E-state index in [4.69, 9.17) is 4.74 Å². The molecular formula is C23H20F2N4O3. The van der Waals surface area contributed by atoms with Crippen molar-refractivity contribution >= 4 is 11.2 Å². The van der Waals surface area contributed by atoms with Gasteiger partial charge in [0.05, 0.1) is 31.2 Å². The van der Waals surface area contributed by atoms with Gasteiger partial charge in [-0.05, 0) is 43.2 Å². The lowest BCUT2D eigenvalue weighted by atomic mass is 10.2. The predicted octanol–water partition coefficient (Wildman–Crippen LogP) is 2.85. The Balaban J connectivity index is 1.73. The van der Waals surface area contributed by atoms with Crippen molar-refractivity contribution in [3.63, 3.8) is 0 Å². The topological polar surface area (TPSA) is 71.0 Å². The summed E-state index contributed by atoms with van der Waals surface area (Å²) in [5, 5.41) is 0. The summed E-state index contributed by atoms with van der Waals surface area (Å²) in [6.45, 7) is 0.749. The number of rotatable bonds is 5. The van der Waals surface area contributed by atoms with Gasteiger partial charge in [-0.3, -0.25) is 9.36 Å². The van der Waals surface area contributed by atoms with Crippen LogP contribution in [0.5, 0.6) is 0 Å². The molecule has 3 heterocycles. The summed E-state index contributed by atoms with van der Waals surface area (Å²) in [4.78, 5) is 31.1. The van der Waals surface area contributed by atoms with E-state index in [9.17, 15) is 18.4 Å². The normalized spacial score (nSPS) is 16.1. The molecule has 2 aromatic carbocycles. The van der Waals surface area contributed by atoms with Crippen LogP contribution in [0.2, 0.25) is 0 Å². The average molecular weight is 438 g/mol. The number of hydrogen-bond acceptors (Lipinski definition) is 4. The number of fused-ring (bicyclic) bond motifs is 1. The van der Waals surface area contributed by atoms with Crippen molar-refractivity contribution in [3.8, 4) is 5.69 Å². The van der Waals surface area contributed by atoms with Gasteiger partial charge in [0.25, 0.3) is 5.56 Å². The van der Waals surface area contributed by atoms with Gasteiger partial charge in [0.1, 0.15) is 11.6 Å². The summed E-state index contributed by atoms with van der Waals surface area (Å²) in [5.41, 5.74) is -0.0507. The van der Waals surface area contributed by atoms with Crippen LogP contribution in [0.4, 0.5) is 8.78 Å². The Hall–Kier alpha value is -3.59. The second kappa shape index (κ2) is 8.16. The smallest absolute Gasteiger partial charge is 0.337 e. The number of halogens is 2. The highest BCUT2D eigenvalue weighted by Gasteiger charge is 2.23. The molecule has 32 heavy (non-hydrogen) atoms. The Bertz CT molecular complexity index is 1400. The molecule has 1 saturated heterocycles. The van der Waals surface area contributed by atoms with Gasteiger partial charge in [-0.2, -0.15) is 0 Å². The summed E-state index contributed by atoms with van der Waals surface area (Å²) in [5.74, 6) is -0.850. The van der Waals surface area contributed by atoms with Crippen LogP contribution < -0.4 is 11.2 Å². The first-order chi connectivity index (χ1) is 15.5. The van der Waals surface area contributed by atoms with E-state index in [1.54, 1.807) is 18.2 Å². The van der Waals surface area contributed by atoms with Crippen LogP contribution in [0.1, 0.15) is 18.4 Å². The molecule has 9 heteroatoms. The molecule has 4 aromatic rings. The maximum atomic E-state index is 14.3. The number of ether oxygens (including phenoxy) is 1. The van der Waals surface area contributed by atoms with Crippen molar-refractivity contribution in [2.45, 2.75) is 32.0 Å². The highest BCUT2D eigenvalue weighted by Crippen LogP contribution is 2.18. The van der Waals surface area contributed by atoms with Crippen LogP contribution in [0.15, 0.2) is 64.4 Å². The second-order valence-electron chi connectivity index (χ2n) is 7.78. The number of aromatic nitrogens is 4. The molecule has 0 N–H and O–H groups in total. The summed E-state index contributed by atoms with van der Waals surface area (Å²) < 4.78 is 37.3. The van der Waals surface area contributed by atoms with E-state index in [1.165, 1.54) is 45.8 Å². The summed E-state index contributed by atoms with van der Waals surface area (Å²) in [6, 6.07) is 11.6. The van der Waals surface area contributed by atoms with Gasteiger partial charge in [0.15, 0.2) is 11.2 Å². The zero-order valence-electron chi connectivity index (χ0n) is 17.1. The number of imidazole rings is 1. The van der Waals surface area contributed by atoms with Crippen LogP contribution >= 0.6 is 0 Å². The fourth-order valence-corrected chi connectivity index (χ4v) is 4.09. The zero-order chi connectivity index (χ0) is 22.2. The minimum atomic E-state index is -0.583. The standard InChI is InChI=1S/C23H20F2N4O3/c24-16-7-9-17(10-8-16)29-21-20(22(30)28(23(29)31)13-18-5-3-11-32-18)27(14-26-21)12-15-4-1-2-6-19(15)25/h1-2,4,6-10,14,18H,3,5,11-13H2/t18-/m0/s1. The molecule has 2 aromatic heterocycles. The zero-order valence-corrected chi connectivity index (χ0v) is 17.1. The molecule has 164 valence electrons. The largest absolute Gasteiger partial charge is 0.376 e. The fourth-order valence-electron chi connectivity index (χ4n) is 4.09. The van der Waals surface area contributed by atoms with E-state index in [0.717, 1.165) is 17.4 Å². The lowest BCUT2D eigenvalue weighted by molar-refractivity contribution is 0.0950. The van der Waals surface area contributed by atoms with E-state index >= 15 is 0 Å². The number of nitrogens with zero attached hydrogens (tertiary/aromatic N) is 4. The molecule has 0 amide bonds. The monoisotopic (exact) mass is 438 g/mol. The first kappa shape index (κ1) is 20.3. The van der Waals surface area contributed by atoms with Crippen molar-refractivity contribution in [2.75, 3.05) is 6.61 Å². The molecule has 0 spiro atoms. The lowest BCUT2D eigenvalue weighted by Gasteiger charge is -2.15. The van der Waals surface area contributed by atoms with Crippen LogP contribution in [0.25, 0.3) is 16.9 Å². The molecule has 0 bridgehead atoms. The molecule has 1 aliphatic rings. The van der Waals surface area contributed by atoms with Crippen LogP contribution in [-0.2, 0) is 17.8 Å². The summed E-state index contributed by atoms with van der Waals surface area (Å²) in [6.07, 6.45) is 2.77. The minimum absolute atomic E-state index is 0.0694. The molecule has 7 nitrogen and oxygen atoms in total. The molecule has 1 atom stereocenters. The van der Waals surface area contributed by atoms with Crippen molar-refractivity contribution < 1.29 is 13.5 Å². The van der Waals surface area contributed by atoms with E-state index in [1.807, 2.05) is 0 Å². The van der Waals surface area contributed by atoms with E-state index in [-0.39, 0.29) is 30.4 Å². The first-order valence-corrected chi connectivity index (χ1v) is 10.3. The summed E-state index contributed by atoms with van der Waals surface area (Å²) >= 11 is 0. The van der Waals surface area contributed by atoms with Crippen molar-refractivity contribution in [2.24, 2.45) is 0 Å². The van der Waals surface area contributed by atoms with Crippen LogP contribution in [0.3, 0.4) is 0 Å². The number of benzene rings is 2. The molecule has 0 radical (unpaired) electrons. The van der Waals surface area contributed by atoms with E-state index in [0.29, 0.717) is 17.9 Å². The molecule has 5 rings (SSSR count). The van der Waals surface area contributed by atoms with Crippen molar-refractivity contribution in [3.05, 3.63) is 92.9 Å². The average Bonchev–Trinajstić information content (AvgIpc) is 3.44. The van der Waals surface area contributed by atoms with E-state index < -0.39 is 22.9 Å². The van der Waals surface area contributed by atoms with Crippen molar-refractivity contribution in [1.82, 2.24) is 18.7 Å². The second-order valence-corrected chi connectivity index (χ2v) is 7.78. The van der Waals surface area contributed by atoms with Gasteiger partial charge in [0.2, 0.25) is 0 Å². The van der Waals surface area contributed by atoms with Gasteiger partial charge >= 0.3 is 5.69 Å². The molecule has 1 aliphatic heterocycles. The Morgan fingerprint density at radius 3 is 2.56 bits per heavy atom. The quantitative estimate of drug-likeness (QED) is 0.481. The Morgan fingerprint density at radius 2 is 1.84 bits per heavy atom. The highest BCUT2D eigenvalue weighted by atomic mass is 19.1. The Kier molecular flexibility index (Phi) is 5.18. The van der Waals surface area contributed by atoms with Gasteiger partial charge in [-0.15, -0.1) is 0 Å². The van der Waals surface area contributed by atoms with Crippen LogP contribution in [0, 0.1) is 11.6 Å². The van der Waals surface area contributed by atoms with Gasteiger partial charge in [0, 0.05) is 12.2 Å². The van der Waals surface area contributed by atoms with Crippen LogP contribution in [-0.4, -0.2) is 31.4 Å². The molecule has 1 fully saturated rings. The molecule has 0 unspecified atom stereocenters. The minimum Gasteiger partial charge on any atom is -0.376 e. The van der Waals surface area contributed by atoms with Crippen molar-refractivity contribution in [1.29, 1.82) is 0 Å². The third-order valence-electron chi connectivity index (χ3n) is 5.69. The SMILES string of the molecule is O=c1c2c(ncn2Cc2ccccc2F)n(-c2ccc(F)cc2)c(=O)n1C[C@@H]1CCCO1. The van der Waals surface area contributed by atoms with Gasteiger partial charge in [-0.1, -0.05) is 18.2 Å². The van der Waals surface area contributed by atoms with Gasteiger partial charge < -0.3 is 9.30 Å². The molecule has 0 saturated carbocycles. The highest BCUT2D eigenvalue weighted by molar-refractivity contribution is 5.72. The third-order valence-corrected chi connectivity index (χ3v) is 5.69. The van der Waals surface area contributed by atoms with Gasteiger partial charge in [-0.25, -0.2) is 23.1 Å². The molecule has 0 aliphatic carbocycles. The third kappa shape index (κ3) is 3.54. The van der Waals surface area contributed by atoms with E-state index in [2.05, 4.69) is 4.98 Å². The summed E-state index contributed by atoms with van der Waals surface area (Å²) in [7, 11) is 0. The maximum absolute atomic E-state index is 14.3. The fraction of sp³-hybridized carbons (Fsp3) is 0.261. The first-order valence-electron chi connectivity index (χ1n) is 10.3. The lowest BCUT2D eigenvalue weighted by Crippen LogP contribution is -2.42. The predicted molar refractivity (Wildman–Crippen MR) is 114 cm³/mol. The number of hydrogen-bond donors (Lipinski definition) is 0. The molecular weight excluding hydrogens is 418 g/mol. The Labute approximate surface area is 181 Å².